The number of benzene rings is 1. The summed E-state index contributed by atoms with van der Waals surface area (Å²) in [7, 11) is 0. The number of unbranched alkanes of at least 4 members (excludes halogenated alkanes) is 1. The molecule has 3 nitrogen and oxygen atoms in total. The van der Waals surface area contributed by atoms with Crippen molar-refractivity contribution in [3.05, 3.63) is 23.3 Å². The van der Waals surface area contributed by atoms with Crippen molar-refractivity contribution in [3.8, 4) is 11.5 Å². The number of halogens is 3. The van der Waals surface area contributed by atoms with Crippen LogP contribution in [0.25, 0.3) is 0 Å². The minimum atomic E-state index is -4.78. The Morgan fingerprint density at radius 1 is 1.30 bits per heavy atom. The van der Waals surface area contributed by atoms with E-state index in [4.69, 9.17) is 4.74 Å². The number of carbonyl (C=O) groups is 1. The number of hydrogen-bond donors (Lipinski definition) is 1. The molecule has 1 rings (SSSR count). The number of carbonyl (C=O) groups excluding carboxylic acids is 1. The van der Waals surface area contributed by atoms with Gasteiger partial charge >= 0.3 is 6.18 Å². The highest BCUT2D eigenvalue weighted by Crippen LogP contribution is 2.44. The highest BCUT2D eigenvalue weighted by atomic mass is 19.4. The van der Waals surface area contributed by atoms with Crippen LogP contribution in [0.2, 0.25) is 0 Å². The molecule has 0 radical (unpaired) electrons. The quantitative estimate of drug-likeness (QED) is 0.799. The first kappa shape index (κ1) is 16.3. The predicted octanol–water partition coefficient (Wildman–Crippen LogP) is 4.18. The third-order valence-electron chi connectivity index (χ3n) is 2.78. The van der Waals surface area contributed by atoms with E-state index in [2.05, 4.69) is 0 Å². The molecule has 1 aromatic rings. The van der Waals surface area contributed by atoms with Gasteiger partial charge in [0.15, 0.2) is 5.78 Å². The van der Waals surface area contributed by atoms with Crippen LogP contribution >= 0.6 is 0 Å². The first-order valence-electron chi connectivity index (χ1n) is 6.42. The van der Waals surface area contributed by atoms with Gasteiger partial charge in [0.25, 0.3) is 0 Å². The Kier molecular flexibility index (Phi) is 5.42. The molecule has 20 heavy (non-hydrogen) atoms. The zero-order valence-electron chi connectivity index (χ0n) is 11.4. The Morgan fingerprint density at radius 3 is 2.45 bits per heavy atom. The largest absolute Gasteiger partial charge is 0.506 e. The van der Waals surface area contributed by atoms with Crippen molar-refractivity contribution < 1.29 is 27.8 Å². The molecule has 0 spiro atoms. The van der Waals surface area contributed by atoms with Crippen molar-refractivity contribution in [3.63, 3.8) is 0 Å². The van der Waals surface area contributed by atoms with Gasteiger partial charge in [-0.1, -0.05) is 13.3 Å². The molecule has 0 amide bonds. The maximum absolute atomic E-state index is 13.0. The van der Waals surface area contributed by atoms with Crippen molar-refractivity contribution in [2.24, 2.45) is 0 Å². The Morgan fingerprint density at radius 2 is 1.95 bits per heavy atom. The van der Waals surface area contributed by atoms with Gasteiger partial charge in [0.2, 0.25) is 0 Å². The number of Topliss-reactive ketones (excluding diaryl/α,β-unsaturated/α-hetero) is 1. The van der Waals surface area contributed by atoms with Gasteiger partial charge < -0.3 is 9.84 Å². The van der Waals surface area contributed by atoms with Crippen LogP contribution in [0.4, 0.5) is 13.2 Å². The average Bonchev–Trinajstić information content (AvgIpc) is 2.35. The van der Waals surface area contributed by atoms with Crippen LogP contribution in [-0.4, -0.2) is 17.5 Å². The van der Waals surface area contributed by atoms with Crippen LogP contribution in [0, 0.1) is 0 Å². The fourth-order valence-corrected chi connectivity index (χ4v) is 1.82. The molecule has 112 valence electrons. The molecule has 1 aromatic carbocycles. The lowest BCUT2D eigenvalue weighted by atomic mass is 10.0. The number of alkyl halides is 3. The molecule has 0 heterocycles. The lowest BCUT2D eigenvalue weighted by Gasteiger charge is -2.16. The maximum Gasteiger partial charge on any atom is 0.423 e. The number of rotatable bonds is 6. The molecule has 0 aromatic heterocycles. The van der Waals surface area contributed by atoms with Crippen molar-refractivity contribution in [2.45, 2.75) is 39.3 Å². The third-order valence-corrected chi connectivity index (χ3v) is 2.78. The van der Waals surface area contributed by atoms with Crippen molar-refractivity contribution in [1.82, 2.24) is 0 Å². The molecule has 6 heteroatoms. The fraction of sp³-hybridized carbons (Fsp3) is 0.500. The summed E-state index contributed by atoms with van der Waals surface area (Å²) in [5.41, 5.74) is -1.60. The summed E-state index contributed by atoms with van der Waals surface area (Å²) in [6.45, 7) is 3.44. The summed E-state index contributed by atoms with van der Waals surface area (Å²) < 4.78 is 43.8. The number of phenols is 1. The number of hydrogen-bond acceptors (Lipinski definition) is 3. The number of ether oxygens (including phenoxy) is 1. The number of phenolic OH excluding ortho intramolecular Hbond substituents is 1. The second kappa shape index (κ2) is 6.63. The topological polar surface area (TPSA) is 46.5 Å². The van der Waals surface area contributed by atoms with Crippen molar-refractivity contribution in [1.29, 1.82) is 0 Å². The smallest absolute Gasteiger partial charge is 0.423 e. The lowest BCUT2D eigenvalue weighted by Crippen LogP contribution is -2.12. The normalized spacial score (nSPS) is 11.4. The van der Waals surface area contributed by atoms with E-state index >= 15 is 0 Å². The fourth-order valence-electron chi connectivity index (χ4n) is 1.82. The molecule has 0 bridgehead atoms. The molecular weight excluding hydrogens is 273 g/mol. The van der Waals surface area contributed by atoms with Gasteiger partial charge in [0.1, 0.15) is 17.1 Å². The summed E-state index contributed by atoms with van der Waals surface area (Å²) >= 11 is 0. The van der Waals surface area contributed by atoms with Crippen LogP contribution < -0.4 is 4.74 Å². The van der Waals surface area contributed by atoms with Gasteiger partial charge in [-0.3, -0.25) is 4.79 Å². The highest BCUT2D eigenvalue weighted by Gasteiger charge is 2.39. The third kappa shape index (κ3) is 3.65. The zero-order chi connectivity index (χ0) is 15.3. The average molecular weight is 290 g/mol. The van der Waals surface area contributed by atoms with E-state index in [9.17, 15) is 23.1 Å². The van der Waals surface area contributed by atoms with E-state index in [1.807, 2.05) is 6.92 Å². The van der Waals surface area contributed by atoms with Gasteiger partial charge in [-0.2, -0.15) is 13.2 Å². The van der Waals surface area contributed by atoms with E-state index < -0.39 is 29.0 Å². The van der Waals surface area contributed by atoms with E-state index in [0.29, 0.717) is 6.42 Å². The molecule has 0 atom stereocenters. The maximum atomic E-state index is 13.0. The Bertz CT molecular complexity index is 481. The number of ketones is 1. The van der Waals surface area contributed by atoms with E-state index in [1.54, 1.807) is 0 Å². The van der Waals surface area contributed by atoms with Crippen LogP contribution in [-0.2, 0) is 6.18 Å². The van der Waals surface area contributed by atoms with Crippen molar-refractivity contribution in [2.75, 3.05) is 6.61 Å². The van der Waals surface area contributed by atoms with Gasteiger partial charge in [0, 0.05) is 6.42 Å². The molecule has 0 aliphatic heterocycles. The summed E-state index contributed by atoms with van der Waals surface area (Å²) in [5, 5.41) is 9.78. The van der Waals surface area contributed by atoms with Crippen LogP contribution in [0.3, 0.4) is 0 Å². The van der Waals surface area contributed by atoms with Gasteiger partial charge in [-0.15, -0.1) is 0 Å². The van der Waals surface area contributed by atoms with Crippen LogP contribution in [0.1, 0.15) is 49.0 Å². The lowest BCUT2D eigenvalue weighted by molar-refractivity contribution is -0.140. The summed E-state index contributed by atoms with van der Waals surface area (Å²) in [6.07, 6.45) is -3.37. The summed E-state index contributed by atoms with van der Waals surface area (Å²) in [6, 6.07) is 2.25. The molecule has 1 N–H and O–H groups in total. The molecule has 0 aliphatic rings. The van der Waals surface area contributed by atoms with E-state index in [-0.39, 0.29) is 18.6 Å². The Balaban J connectivity index is 3.27. The molecule has 0 fully saturated rings. The summed E-state index contributed by atoms with van der Waals surface area (Å²) in [5.74, 6) is -2.02. The van der Waals surface area contributed by atoms with Gasteiger partial charge in [-0.25, -0.2) is 0 Å². The first-order valence-corrected chi connectivity index (χ1v) is 6.42. The number of aromatic hydroxyl groups is 1. The summed E-state index contributed by atoms with van der Waals surface area (Å²) in [4.78, 5) is 11.8. The molecule has 0 aliphatic carbocycles. The van der Waals surface area contributed by atoms with Gasteiger partial charge in [-0.05, 0) is 25.5 Å². The second-order valence-electron chi connectivity index (χ2n) is 4.29. The monoisotopic (exact) mass is 290 g/mol. The van der Waals surface area contributed by atoms with Crippen molar-refractivity contribution >= 4 is 5.78 Å². The standard InChI is InChI=1S/C14H17F3O3/c1-3-5-6-10(18)9-7-8-11(20-4-2)12(13(9)19)14(15,16)17/h7-8,19H,3-6H2,1-2H3. The van der Waals surface area contributed by atoms with E-state index in [1.165, 1.54) is 13.0 Å². The highest BCUT2D eigenvalue weighted by molar-refractivity contribution is 5.99. The van der Waals surface area contributed by atoms with Crippen LogP contribution in [0.15, 0.2) is 12.1 Å². The molecule has 0 saturated heterocycles. The Labute approximate surface area is 115 Å². The Hall–Kier alpha value is -1.72. The minimum Gasteiger partial charge on any atom is -0.506 e. The van der Waals surface area contributed by atoms with E-state index in [0.717, 1.165) is 12.5 Å². The molecule has 0 unspecified atom stereocenters. The van der Waals surface area contributed by atoms with Gasteiger partial charge in [0.05, 0.1) is 12.2 Å². The SMILES string of the molecule is CCCCC(=O)c1ccc(OCC)c(C(F)(F)F)c1O. The molecule has 0 saturated carbocycles. The zero-order valence-corrected chi connectivity index (χ0v) is 11.4. The first-order chi connectivity index (χ1) is 9.32. The predicted molar refractivity (Wildman–Crippen MR) is 68.1 cm³/mol. The van der Waals surface area contributed by atoms with Crippen LogP contribution in [0.5, 0.6) is 11.5 Å². The second-order valence-corrected chi connectivity index (χ2v) is 4.29. The minimum absolute atomic E-state index is 0.0334. The molecular formula is C14H17F3O3.